The molecule has 0 aliphatic heterocycles. The Morgan fingerprint density at radius 1 is 0.976 bits per heavy atom. The van der Waals surface area contributed by atoms with Crippen molar-refractivity contribution in [1.82, 2.24) is 20.3 Å². The number of esters is 1. The van der Waals surface area contributed by atoms with Crippen LogP contribution in [0, 0.1) is 0 Å². The monoisotopic (exact) mass is 589 g/mol. The third-order valence-electron chi connectivity index (χ3n) is 7.04. The van der Waals surface area contributed by atoms with Gasteiger partial charge in [0.05, 0.1) is 5.56 Å². The lowest BCUT2D eigenvalue weighted by Gasteiger charge is -2.18. The fraction of sp³-hybridized carbons (Fsp3) is 0.464. The first kappa shape index (κ1) is 28.8. The number of urea groups is 1. The van der Waals surface area contributed by atoms with E-state index >= 15 is 0 Å². The van der Waals surface area contributed by atoms with Crippen LogP contribution in [0.25, 0.3) is 21.7 Å². The summed E-state index contributed by atoms with van der Waals surface area (Å²) in [4.78, 5) is 37.8. The van der Waals surface area contributed by atoms with Gasteiger partial charge in [0.25, 0.3) is 0 Å². The lowest BCUT2D eigenvalue weighted by Crippen LogP contribution is -2.28. The lowest BCUT2D eigenvalue weighted by atomic mass is 10.0. The Hall–Kier alpha value is -3.74. The molecule has 0 spiro atoms. The molecule has 41 heavy (non-hydrogen) atoms. The highest BCUT2D eigenvalue weighted by molar-refractivity contribution is 7.13. The van der Waals surface area contributed by atoms with Crippen LogP contribution >= 0.6 is 11.3 Å². The zero-order valence-electron chi connectivity index (χ0n) is 22.4. The Kier molecular flexibility index (Phi) is 8.71. The van der Waals surface area contributed by atoms with E-state index in [9.17, 15) is 22.8 Å². The summed E-state index contributed by atoms with van der Waals surface area (Å²) in [5.41, 5.74) is 0.148. The van der Waals surface area contributed by atoms with Gasteiger partial charge in [0.15, 0.2) is 5.69 Å². The van der Waals surface area contributed by atoms with E-state index in [1.54, 1.807) is 13.0 Å². The third-order valence-corrected chi connectivity index (χ3v) is 7.92. The molecule has 0 atom stereocenters. The van der Waals surface area contributed by atoms with Crippen molar-refractivity contribution in [2.24, 2.45) is 0 Å². The summed E-state index contributed by atoms with van der Waals surface area (Å²) in [5, 5.41) is 6.16. The SMILES string of the molecule is CCNC(=O)Nc1cc(-c2nc(C(F)(F)F)cs2)c(-c2cc(C(=O)OC3CCCC3)cnc2OC2CCCC2)cn1. The third kappa shape index (κ3) is 6.95. The number of halogens is 3. The molecule has 3 aromatic heterocycles. The minimum absolute atomic E-state index is 0.0550. The van der Waals surface area contributed by atoms with Crippen LogP contribution in [-0.2, 0) is 10.9 Å². The van der Waals surface area contributed by atoms with E-state index in [2.05, 4.69) is 25.6 Å². The molecule has 3 aromatic rings. The van der Waals surface area contributed by atoms with Crippen molar-refractivity contribution in [2.75, 3.05) is 11.9 Å². The summed E-state index contributed by atoms with van der Waals surface area (Å²) in [7, 11) is 0. The molecule has 0 saturated heterocycles. The highest BCUT2D eigenvalue weighted by Crippen LogP contribution is 2.41. The first-order valence-corrected chi connectivity index (χ1v) is 14.5. The van der Waals surface area contributed by atoms with Crippen molar-refractivity contribution in [1.29, 1.82) is 0 Å². The number of alkyl halides is 3. The number of nitrogens with one attached hydrogen (secondary N) is 2. The van der Waals surface area contributed by atoms with Gasteiger partial charge in [0.2, 0.25) is 5.88 Å². The zero-order valence-corrected chi connectivity index (χ0v) is 23.2. The van der Waals surface area contributed by atoms with E-state index < -0.39 is 23.9 Å². The van der Waals surface area contributed by atoms with Crippen LogP contribution in [0.5, 0.6) is 5.88 Å². The number of aromatic nitrogens is 3. The number of amides is 2. The van der Waals surface area contributed by atoms with Crippen LogP contribution in [0.4, 0.5) is 23.8 Å². The smallest absolute Gasteiger partial charge is 0.434 e. The average molecular weight is 590 g/mol. The van der Waals surface area contributed by atoms with Gasteiger partial charge in [-0.15, -0.1) is 11.3 Å². The highest BCUT2D eigenvalue weighted by Gasteiger charge is 2.34. The highest BCUT2D eigenvalue weighted by atomic mass is 32.1. The standard InChI is InChI=1S/C28H30F3N5O4S/c1-2-32-27(38)36-23-12-20(25-35-22(15-41-25)28(29,30)31)21(14-33-23)19-11-16(26(37)40-18-9-5-6-10-18)13-34-24(19)39-17-7-3-4-8-17/h11-15,17-18H,2-10H2,1H3,(H2,32,33,36,38). The first-order valence-electron chi connectivity index (χ1n) is 13.7. The first-order chi connectivity index (χ1) is 19.7. The minimum Gasteiger partial charge on any atom is -0.474 e. The number of hydrogen-bond donors (Lipinski definition) is 2. The van der Waals surface area contributed by atoms with Gasteiger partial charge in [-0.3, -0.25) is 5.32 Å². The molecule has 2 aliphatic rings. The largest absolute Gasteiger partial charge is 0.474 e. The van der Waals surface area contributed by atoms with Gasteiger partial charge in [0, 0.05) is 41.0 Å². The van der Waals surface area contributed by atoms with Crippen LogP contribution < -0.4 is 15.4 Å². The second kappa shape index (κ2) is 12.4. The molecule has 0 aromatic carbocycles. The van der Waals surface area contributed by atoms with Gasteiger partial charge in [-0.05, 0) is 70.4 Å². The van der Waals surface area contributed by atoms with Crippen molar-refractivity contribution >= 4 is 29.2 Å². The number of anilines is 1. The molecular formula is C28H30F3N5O4S. The molecule has 2 fully saturated rings. The normalized spacial score (nSPS) is 16.1. The summed E-state index contributed by atoms with van der Waals surface area (Å²) in [6.45, 7) is 2.12. The van der Waals surface area contributed by atoms with Gasteiger partial charge >= 0.3 is 18.2 Å². The van der Waals surface area contributed by atoms with E-state index in [0.717, 1.165) is 68.1 Å². The summed E-state index contributed by atoms with van der Waals surface area (Å²) >= 11 is 0.807. The summed E-state index contributed by atoms with van der Waals surface area (Å²) in [6.07, 6.45) is 5.24. The Balaban J connectivity index is 1.60. The maximum absolute atomic E-state index is 13.5. The topological polar surface area (TPSA) is 115 Å². The van der Waals surface area contributed by atoms with E-state index in [1.807, 2.05) is 0 Å². The maximum Gasteiger partial charge on any atom is 0.434 e. The van der Waals surface area contributed by atoms with Crippen molar-refractivity contribution < 1.29 is 32.2 Å². The Labute approximate surface area is 238 Å². The predicted molar refractivity (Wildman–Crippen MR) is 147 cm³/mol. The molecule has 2 amide bonds. The lowest BCUT2D eigenvalue weighted by molar-refractivity contribution is -0.140. The molecule has 5 rings (SSSR count). The second-order valence-corrected chi connectivity index (χ2v) is 10.9. The Morgan fingerprint density at radius 2 is 1.68 bits per heavy atom. The Bertz CT molecular complexity index is 1400. The molecule has 218 valence electrons. The number of nitrogens with zero attached hydrogens (tertiary/aromatic N) is 3. The molecular weight excluding hydrogens is 559 g/mol. The molecule has 0 bridgehead atoms. The summed E-state index contributed by atoms with van der Waals surface area (Å²) in [5.74, 6) is -0.188. The second-order valence-electron chi connectivity index (χ2n) is 10.0. The summed E-state index contributed by atoms with van der Waals surface area (Å²) in [6, 6.07) is 2.51. The zero-order chi connectivity index (χ0) is 29.0. The number of hydrogen-bond acceptors (Lipinski definition) is 8. The molecule has 13 heteroatoms. The van der Waals surface area contributed by atoms with Crippen molar-refractivity contribution in [3.8, 4) is 27.6 Å². The van der Waals surface area contributed by atoms with Crippen molar-refractivity contribution in [3.63, 3.8) is 0 Å². The minimum atomic E-state index is -4.63. The predicted octanol–water partition coefficient (Wildman–Crippen LogP) is 6.85. The number of carbonyl (C=O) groups is 2. The summed E-state index contributed by atoms with van der Waals surface area (Å²) < 4.78 is 52.3. The van der Waals surface area contributed by atoms with Gasteiger partial charge < -0.3 is 14.8 Å². The van der Waals surface area contributed by atoms with Crippen LogP contribution in [0.15, 0.2) is 29.9 Å². The molecule has 2 N–H and O–H groups in total. The average Bonchev–Trinajstić information content (AvgIpc) is 3.72. The number of ether oxygens (including phenoxy) is 2. The number of carbonyl (C=O) groups excluding carboxylic acids is 2. The van der Waals surface area contributed by atoms with Crippen molar-refractivity contribution in [2.45, 2.75) is 76.7 Å². The van der Waals surface area contributed by atoms with Gasteiger partial charge in [-0.25, -0.2) is 24.5 Å². The van der Waals surface area contributed by atoms with Crippen LogP contribution in [0.1, 0.15) is 74.3 Å². The van der Waals surface area contributed by atoms with Gasteiger partial charge in [-0.2, -0.15) is 13.2 Å². The van der Waals surface area contributed by atoms with Gasteiger partial charge in [0.1, 0.15) is 23.0 Å². The maximum atomic E-state index is 13.5. The van der Waals surface area contributed by atoms with E-state index in [4.69, 9.17) is 9.47 Å². The van der Waals surface area contributed by atoms with Crippen LogP contribution in [0.2, 0.25) is 0 Å². The van der Waals surface area contributed by atoms with Crippen LogP contribution in [0.3, 0.4) is 0 Å². The quantitative estimate of drug-likeness (QED) is 0.276. The number of rotatable bonds is 8. The fourth-order valence-corrected chi connectivity index (χ4v) is 5.86. The van der Waals surface area contributed by atoms with E-state index in [-0.39, 0.29) is 40.0 Å². The molecule has 3 heterocycles. The van der Waals surface area contributed by atoms with Crippen LogP contribution in [-0.4, -0.2) is 45.7 Å². The molecule has 2 aliphatic carbocycles. The fourth-order valence-electron chi connectivity index (χ4n) is 5.00. The number of pyridine rings is 2. The van der Waals surface area contributed by atoms with Gasteiger partial charge in [-0.1, -0.05) is 0 Å². The molecule has 2 saturated carbocycles. The van der Waals surface area contributed by atoms with E-state index in [1.165, 1.54) is 18.5 Å². The molecule has 9 nitrogen and oxygen atoms in total. The van der Waals surface area contributed by atoms with E-state index in [0.29, 0.717) is 17.7 Å². The van der Waals surface area contributed by atoms with Crippen molar-refractivity contribution in [3.05, 3.63) is 41.2 Å². The Morgan fingerprint density at radius 3 is 2.34 bits per heavy atom. The molecule has 0 unspecified atom stereocenters. The molecule has 0 radical (unpaired) electrons. The number of thiazole rings is 1.